The molecule has 0 amide bonds. The first-order valence-corrected chi connectivity index (χ1v) is 6.86. The second-order valence-electron chi connectivity index (χ2n) is 5.28. The number of alkyl halides is 3. The molecule has 1 nitrogen and oxygen atoms in total. The summed E-state index contributed by atoms with van der Waals surface area (Å²) in [6.45, 7) is 0. The average Bonchev–Trinajstić information content (AvgIpc) is 2.40. The van der Waals surface area contributed by atoms with Gasteiger partial charge in [0, 0.05) is 10.6 Å². The minimum absolute atomic E-state index is 0.0869. The Balaban J connectivity index is 2.16. The molecule has 1 aliphatic rings. The summed E-state index contributed by atoms with van der Waals surface area (Å²) in [7, 11) is 0. The van der Waals surface area contributed by atoms with Gasteiger partial charge in [0.1, 0.15) is 5.82 Å². The van der Waals surface area contributed by atoms with Gasteiger partial charge in [-0.05, 0) is 43.4 Å². The Morgan fingerprint density at radius 2 is 1.95 bits per heavy atom. The lowest BCUT2D eigenvalue weighted by atomic mass is 9.77. The quantitative estimate of drug-likeness (QED) is 0.772. The summed E-state index contributed by atoms with van der Waals surface area (Å²) in [6, 6.07) is 3.54. The Morgan fingerprint density at radius 3 is 2.60 bits per heavy atom. The molecule has 20 heavy (non-hydrogen) atoms. The molecule has 112 valence electrons. The van der Waals surface area contributed by atoms with Crippen LogP contribution in [0.4, 0.5) is 17.6 Å². The van der Waals surface area contributed by atoms with Crippen molar-refractivity contribution >= 4 is 11.6 Å². The van der Waals surface area contributed by atoms with E-state index in [9.17, 15) is 22.7 Å². The molecule has 1 aliphatic carbocycles. The third-order valence-corrected chi connectivity index (χ3v) is 4.25. The maximum atomic E-state index is 13.2. The normalized spacial score (nSPS) is 25.5. The second kappa shape index (κ2) is 5.90. The van der Waals surface area contributed by atoms with E-state index in [1.807, 2.05) is 0 Å². The second-order valence-corrected chi connectivity index (χ2v) is 5.68. The van der Waals surface area contributed by atoms with E-state index in [4.69, 9.17) is 11.6 Å². The van der Waals surface area contributed by atoms with Gasteiger partial charge < -0.3 is 5.11 Å². The molecule has 1 N–H and O–H groups in total. The highest BCUT2D eigenvalue weighted by molar-refractivity contribution is 6.31. The zero-order valence-corrected chi connectivity index (χ0v) is 11.4. The van der Waals surface area contributed by atoms with Gasteiger partial charge in [-0.2, -0.15) is 13.2 Å². The summed E-state index contributed by atoms with van der Waals surface area (Å²) in [5, 5.41) is 10.4. The van der Waals surface area contributed by atoms with Crippen molar-refractivity contribution in [3.8, 4) is 0 Å². The minimum Gasteiger partial charge on any atom is -0.388 e. The zero-order chi connectivity index (χ0) is 14.9. The van der Waals surface area contributed by atoms with E-state index in [2.05, 4.69) is 0 Å². The summed E-state index contributed by atoms with van der Waals surface area (Å²) in [5.74, 6) is -2.51. The molecule has 0 bridgehead atoms. The molecule has 0 spiro atoms. The molecule has 1 aromatic rings. The fourth-order valence-corrected chi connectivity index (χ4v) is 3.04. The van der Waals surface area contributed by atoms with Crippen LogP contribution >= 0.6 is 11.6 Å². The summed E-state index contributed by atoms with van der Waals surface area (Å²) in [4.78, 5) is 0. The van der Waals surface area contributed by atoms with Gasteiger partial charge in [-0.3, -0.25) is 0 Å². The van der Waals surface area contributed by atoms with Gasteiger partial charge in [0.15, 0.2) is 0 Å². The fraction of sp³-hybridized carbons (Fsp3) is 0.571. The van der Waals surface area contributed by atoms with Crippen LogP contribution < -0.4 is 0 Å². The van der Waals surface area contributed by atoms with Crippen LogP contribution in [0, 0.1) is 17.7 Å². The van der Waals surface area contributed by atoms with Crippen LogP contribution in [0.3, 0.4) is 0 Å². The molecular formula is C14H15ClF4O. The van der Waals surface area contributed by atoms with E-state index >= 15 is 0 Å². The van der Waals surface area contributed by atoms with E-state index in [1.54, 1.807) is 0 Å². The molecule has 0 saturated heterocycles. The lowest BCUT2D eigenvalue weighted by Gasteiger charge is -2.33. The van der Waals surface area contributed by atoms with Gasteiger partial charge in [0.2, 0.25) is 0 Å². The van der Waals surface area contributed by atoms with Crippen molar-refractivity contribution in [2.75, 3.05) is 0 Å². The van der Waals surface area contributed by atoms with Crippen LogP contribution in [0.5, 0.6) is 0 Å². The summed E-state index contributed by atoms with van der Waals surface area (Å²) < 4.78 is 51.5. The maximum Gasteiger partial charge on any atom is 0.391 e. The number of hydrogen-bond donors (Lipinski definition) is 1. The number of rotatable bonds is 2. The van der Waals surface area contributed by atoms with E-state index in [0.717, 1.165) is 12.1 Å². The van der Waals surface area contributed by atoms with Crippen LogP contribution in [0.25, 0.3) is 0 Å². The number of aliphatic hydroxyl groups excluding tert-OH is 1. The standard InChI is InChI=1S/C14H15ClF4O/c15-12-5-4-10(16)7-11(12)13(20)8-2-1-3-9(6-8)14(17,18)19/h4-5,7-9,13,20H,1-3,6H2. The first-order chi connectivity index (χ1) is 9.29. The predicted octanol–water partition coefficient (Wildman–Crippen LogP) is 4.88. The van der Waals surface area contributed by atoms with Gasteiger partial charge in [-0.25, -0.2) is 4.39 Å². The number of aliphatic hydroxyl groups is 1. The van der Waals surface area contributed by atoms with E-state index < -0.39 is 29.9 Å². The van der Waals surface area contributed by atoms with Crippen molar-refractivity contribution in [3.05, 3.63) is 34.6 Å². The first kappa shape index (κ1) is 15.6. The largest absolute Gasteiger partial charge is 0.391 e. The smallest absolute Gasteiger partial charge is 0.388 e. The molecule has 2 rings (SSSR count). The first-order valence-electron chi connectivity index (χ1n) is 6.48. The number of benzene rings is 1. The predicted molar refractivity (Wildman–Crippen MR) is 67.9 cm³/mol. The van der Waals surface area contributed by atoms with Crippen LogP contribution in [0.2, 0.25) is 5.02 Å². The monoisotopic (exact) mass is 310 g/mol. The van der Waals surface area contributed by atoms with Gasteiger partial charge in [-0.15, -0.1) is 0 Å². The molecule has 1 fully saturated rings. The van der Waals surface area contributed by atoms with Crippen LogP contribution in [0.1, 0.15) is 37.4 Å². The Bertz CT molecular complexity index is 475. The highest BCUT2D eigenvalue weighted by Gasteiger charge is 2.43. The summed E-state index contributed by atoms with van der Waals surface area (Å²) >= 11 is 5.89. The molecule has 0 aromatic heterocycles. The number of hydrogen-bond acceptors (Lipinski definition) is 1. The minimum atomic E-state index is -4.25. The maximum absolute atomic E-state index is 13.2. The van der Waals surface area contributed by atoms with Crippen molar-refractivity contribution in [1.29, 1.82) is 0 Å². The highest BCUT2D eigenvalue weighted by Crippen LogP contribution is 2.44. The van der Waals surface area contributed by atoms with E-state index in [0.29, 0.717) is 12.8 Å². The van der Waals surface area contributed by atoms with Gasteiger partial charge in [0.25, 0.3) is 0 Å². The van der Waals surface area contributed by atoms with Crippen molar-refractivity contribution in [1.82, 2.24) is 0 Å². The number of halogens is 5. The van der Waals surface area contributed by atoms with Crippen molar-refractivity contribution in [2.45, 2.75) is 38.0 Å². The Labute approximate surface area is 119 Å². The van der Waals surface area contributed by atoms with Crippen molar-refractivity contribution < 1.29 is 22.7 Å². The topological polar surface area (TPSA) is 20.2 Å². The van der Waals surface area contributed by atoms with Gasteiger partial charge in [-0.1, -0.05) is 18.0 Å². The molecule has 1 saturated carbocycles. The molecule has 1 aromatic carbocycles. The average molecular weight is 311 g/mol. The zero-order valence-electron chi connectivity index (χ0n) is 10.6. The third kappa shape index (κ3) is 3.44. The highest BCUT2D eigenvalue weighted by atomic mass is 35.5. The summed E-state index contributed by atoms with van der Waals surface area (Å²) in [6.07, 6.45) is -4.58. The Kier molecular flexibility index (Phi) is 4.59. The van der Waals surface area contributed by atoms with Gasteiger partial charge in [0.05, 0.1) is 12.0 Å². The SMILES string of the molecule is OC(c1cc(F)ccc1Cl)C1CCCC(C(F)(F)F)C1. The van der Waals surface area contributed by atoms with Crippen LogP contribution in [-0.4, -0.2) is 11.3 Å². The van der Waals surface area contributed by atoms with Crippen LogP contribution in [0.15, 0.2) is 18.2 Å². The van der Waals surface area contributed by atoms with E-state index in [1.165, 1.54) is 6.07 Å². The molecule has 0 aliphatic heterocycles. The lowest BCUT2D eigenvalue weighted by molar-refractivity contribution is -0.189. The third-order valence-electron chi connectivity index (χ3n) is 3.90. The van der Waals surface area contributed by atoms with Gasteiger partial charge >= 0.3 is 6.18 Å². The lowest BCUT2D eigenvalue weighted by Crippen LogP contribution is -2.31. The van der Waals surface area contributed by atoms with Crippen molar-refractivity contribution in [2.24, 2.45) is 11.8 Å². The Morgan fingerprint density at radius 1 is 1.25 bits per heavy atom. The molecule has 3 unspecified atom stereocenters. The van der Waals surface area contributed by atoms with Crippen LogP contribution in [-0.2, 0) is 0 Å². The fourth-order valence-electron chi connectivity index (χ4n) is 2.81. The molecular weight excluding hydrogens is 296 g/mol. The molecule has 0 radical (unpaired) electrons. The molecule has 0 heterocycles. The summed E-state index contributed by atoms with van der Waals surface area (Å²) in [5.41, 5.74) is 0.166. The van der Waals surface area contributed by atoms with Crippen molar-refractivity contribution in [3.63, 3.8) is 0 Å². The molecule has 3 atom stereocenters. The van der Waals surface area contributed by atoms with E-state index in [-0.39, 0.29) is 23.4 Å². The Hall–Kier alpha value is -0.810. The molecule has 6 heteroatoms.